The van der Waals surface area contributed by atoms with E-state index in [1.807, 2.05) is 51.1 Å². The summed E-state index contributed by atoms with van der Waals surface area (Å²) in [6.45, 7) is 7.72. The topological polar surface area (TPSA) is 98.6 Å². The number of carbonyl (C=O) groups excluding carboxylic acids is 2. The number of nitriles is 1. The van der Waals surface area contributed by atoms with Crippen molar-refractivity contribution in [3.63, 3.8) is 0 Å². The smallest absolute Gasteiger partial charge is 0.410 e. The highest BCUT2D eigenvalue weighted by Crippen LogP contribution is 2.41. The Hall–Kier alpha value is -3.15. The van der Waals surface area contributed by atoms with Crippen molar-refractivity contribution >= 4 is 29.3 Å². The second-order valence-electron chi connectivity index (χ2n) is 10.8. The molecule has 2 fully saturated rings. The van der Waals surface area contributed by atoms with Crippen LogP contribution in [0.1, 0.15) is 50.7 Å². The van der Waals surface area contributed by atoms with Gasteiger partial charge in [-0.3, -0.25) is 9.69 Å². The Balaban J connectivity index is 1.61. The number of aromatic nitrogens is 1. The number of carbonyl (C=O) groups is 2. The Kier molecular flexibility index (Phi) is 7.77. The van der Waals surface area contributed by atoms with Crippen LogP contribution in [-0.2, 0) is 9.53 Å². The average molecular weight is 524 g/mol. The number of amides is 1. The van der Waals surface area contributed by atoms with E-state index >= 15 is 0 Å². The number of anilines is 1. The summed E-state index contributed by atoms with van der Waals surface area (Å²) in [5.74, 6) is 0.396. The third-order valence-electron chi connectivity index (χ3n) is 7.35. The molecule has 0 aliphatic carbocycles. The molecule has 1 aromatic heterocycles. The molecule has 0 spiro atoms. The van der Waals surface area contributed by atoms with Gasteiger partial charge in [-0.25, -0.2) is 9.78 Å². The maximum absolute atomic E-state index is 14.4. The maximum atomic E-state index is 14.4. The summed E-state index contributed by atoms with van der Waals surface area (Å²) >= 11 is 6.15. The van der Waals surface area contributed by atoms with E-state index in [9.17, 15) is 9.59 Å². The molecule has 1 N–H and O–H groups in total. The number of halogens is 1. The number of ether oxygens (including phenoxy) is 1. The van der Waals surface area contributed by atoms with E-state index in [-0.39, 0.29) is 17.6 Å². The van der Waals surface area contributed by atoms with Crippen LogP contribution < -0.4 is 10.2 Å². The first-order valence-electron chi connectivity index (χ1n) is 12.6. The third-order valence-corrected chi connectivity index (χ3v) is 7.60. The number of piperidine rings is 1. The molecule has 2 aliphatic heterocycles. The highest BCUT2D eigenvalue weighted by Gasteiger charge is 2.56. The zero-order valence-electron chi connectivity index (χ0n) is 21.8. The number of nitrogens with one attached hydrogen (secondary N) is 1. The first-order valence-corrected chi connectivity index (χ1v) is 13.0. The molecule has 0 bridgehead atoms. The Morgan fingerprint density at radius 2 is 1.86 bits per heavy atom. The average Bonchev–Trinajstić information content (AvgIpc) is 3.33. The Labute approximate surface area is 223 Å². The molecule has 4 rings (SSSR count). The molecule has 37 heavy (non-hydrogen) atoms. The lowest BCUT2D eigenvalue weighted by atomic mass is 9.72. The normalized spacial score (nSPS) is 22.4. The van der Waals surface area contributed by atoms with E-state index < -0.39 is 17.2 Å². The molecule has 0 radical (unpaired) electrons. The summed E-state index contributed by atoms with van der Waals surface area (Å²) in [5, 5.41) is 13.0. The van der Waals surface area contributed by atoms with Crippen LogP contribution in [0.25, 0.3) is 0 Å². The van der Waals surface area contributed by atoms with Gasteiger partial charge in [-0.1, -0.05) is 23.7 Å². The number of hydrogen-bond donors (Lipinski definition) is 1. The van der Waals surface area contributed by atoms with Gasteiger partial charge < -0.3 is 15.0 Å². The maximum Gasteiger partial charge on any atom is 0.410 e. The minimum atomic E-state index is -1.09. The number of rotatable bonds is 5. The highest BCUT2D eigenvalue weighted by molar-refractivity contribution is 6.30. The first kappa shape index (κ1) is 26.9. The zero-order chi connectivity index (χ0) is 26.8. The van der Waals surface area contributed by atoms with Crippen molar-refractivity contribution in [3.05, 3.63) is 58.7 Å². The van der Waals surface area contributed by atoms with Gasteiger partial charge in [0.25, 0.3) is 0 Å². The molecule has 2 aromatic rings. The third kappa shape index (κ3) is 5.58. The van der Waals surface area contributed by atoms with Gasteiger partial charge in [-0.15, -0.1) is 0 Å². The lowest BCUT2D eigenvalue weighted by Crippen LogP contribution is -2.62. The second kappa shape index (κ2) is 10.7. The number of benzene rings is 1. The molecule has 1 aromatic carbocycles. The summed E-state index contributed by atoms with van der Waals surface area (Å²) in [5.41, 5.74) is -0.299. The van der Waals surface area contributed by atoms with E-state index in [4.69, 9.17) is 21.6 Å². The summed E-state index contributed by atoms with van der Waals surface area (Å²) in [7, 11) is 1.68. The van der Waals surface area contributed by atoms with E-state index in [0.29, 0.717) is 49.6 Å². The quantitative estimate of drug-likeness (QED) is 0.620. The van der Waals surface area contributed by atoms with E-state index in [2.05, 4.69) is 21.3 Å². The first-order chi connectivity index (χ1) is 17.5. The van der Waals surface area contributed by atoms with Gasteiger partial charge >= 0.3 is 6.09 Å². The minimum absolute atomic E-state index is 0.0539. The molecular formula is C28H34ClN5O3. The monoisotopic (exact) mass is 523 g/mol. The molecule has 8 nitrogen and oxygen atoms in total. The number of nitrogens with zero attached hydrogens (tertiary/aromatic N) is 4. The molecular weight excluding hydrogens is 490 g/mol. The van der Waals surface area contributed by atoms with Gasteiger partial charge in [-0.05, 0) is 63.4 Å². The van der Waals surface area contributed by atoms with Gasteiger partial charge in [0, 0.05) is 56.3 Å². The van der Waals surface area contributed by atoms with Crippen LogP contribution in [0.2, 0.25) is 5.02 Å². The predicted molar refractivity (Wildman–Crippen MR) is 143 cm³/mol. The van der Waals surface area contributed by atoms with Crippen molar-refractivity contribution in [2.45, 2.75) is 50.7 Å². The van der Waals surface area contributed by atoms with Gasteiger partial charge in [0.1, 0.15) is 23.0 Å². The Bertz CT molecular complexity index is 1160. The van der Waals surface area contributed by atoms with Gasteiger partial charge in [0.15, 0.2) is 5.78 Å². The molecule has 3 heterocycles. The molecule has 0 unspecified atom stereocenters. The highest BCUT2D eigenvalue weighted by atomic mass is 35.5. The largest absolute Gasteiger partial charge is 0.444 e. The number of ketones is 1. The van der Waals surface area contributed by atoms with Crippen LogP contribution in [0, 0.1) is 17.2 Å². The van der Waals surface area contributed by atoms with Crippen molar-refractivity contribution in [2.75, 3.05) is 38.1 Å². The van der Waals surface area contributed by atoms with Crippen molar-refractivity contribution in [1.82, 2.24) is 15.2 Å². The van der Waals surface area contributed by atoms with Crippen LogP contribution in [0.15, 0.2) is 42.6 Å². The fourth-order valence-corrected chi connectivity index (χ4v) is 5.55. The van der Waals surface area contributed by atoms with Gasteiger partial charge in [0.2, 0.25) is 0 Å². The molecule has 0 saturated carbocycles. The van der Waals surface area contributed by atoms with Crippen molar-refractivity contribution in [2.24, 2.45) is 5.92 Å². The summed E-state index contributed by atoms with van der Waals surface area (Å²) in [6.07, 6.45) is 2.36. The molecule has 1 amide bonds. The van der Waals surface area contributed by atoms with Gasteiger partial charge in [0.05, 0.1) is 5.56 Å². The van der Waals surface area contributed by atoms with Crippen LogP contribution in [-0.4, -0.2) is 66.1 Å². The van der Waals surface area contributed by atoms with E-state index in [1.54, 1.807) is 19.3 Å². The van der Waals surface area contributed by atoms with E-state index in [0.717, 1.165) is 11.4 Å². The van der Waals surface area contributed by atoms with Crippen LogP contribution in [0.3, 0.4) is 0 Å². The number of Topliss-reactive ketones (excluding diaryl/α,β-unsaturated/α-hetero) is 1. The van der Waals surface area contributed by atoms with E-state index in [1.165, 1.54) is 4.90 Å². The summed E-state index contributed by atoms with van der Waals surface area (Å²) < 4.78 is 5.72. The van der Waals surface area contributed by atoms with Gasteiger partial charge in [-0.2, -0.15) is 5.26 Å². The Morgan fingerprint density at radius 3 is 2.43 bits per heavy atom. The molecule has 2 atom stereocenters. The standard InChI is InChI=1S/C28H34ClN5O3/c1-27(2,3)37-26(36)33(4)28(18-31-17-23(28)20-6-8-22(29)9-7-20)25(35)21-11-13-34(14-12-21)24-10-5-19(15-30)16-32-24/h5-10,16,21,23,31H,11-14,17-18H2,1-4H3/t23-,28+/m0/s1. The fraction of sp³-hybridized carbons (Fsp3) is 0.500. The zero-order valence-corrected chi connectivity index (χ0v) is 22.6. The lowest BCUT2D eigenvalue weighted by Gasteiger charge is -2.45. The SMILES string of the molecule is CN(C(=O)OC(C)(C)C)[C@]1(C(=O)C2CCN(c3ccc(C#N)cn3)CC2)CNC[C@H]1c1ccc(Cl)cc1. The minimum Gasteiger partial charge on any atom is -0.444 e. The number of pyridine rings is 1. The predicted octanol–water partition coefficient (Wildman–Crippen LogP) is 4.38. The van der Waals surface area contributed by atoms with Crippen LogP contribution in [0.4, 0.5) is 10.6 Å². The van der Waals surface area contributed by atoms with Crippen molar-refractivity contribution in [3.8, 4) is 6.07 Å². The summed E-state index contributed by atoms with van der Waals surface area (Å²) in [6, 6.07) is 13.2. The lowest BCUT2D eigenvalue weighted by molar-refractivity contribution is -0.135. The second-order valence-corrected chi connectivity index (χ2v) is 11.3. The van der Waals surface area contributed by atoms with Crippen LogP contribution >= 0.6 is 11.6 Å². The van der Waals surface area contributed by atoms with Crippen LogP contribution in [0.5, 0.6) is 0 Å². The molecule has 9 heteroatoms. The number of likely N-dealkylation sites (N-methyl/N-ethyl adjacent to an activating group) is 1. The van der Waals surface area contributed by atoms with Crippen molar-refractivity contribution < 1.29 is 14.3 Å². The number of hydrogen-bond acceptors (Lipinski definition) is 7. The Morgan fingerprint density at radius 1 is 1.19 bits per heavy atom. The van der Waals surface area contributed by atoms with Crippen molar-refractivity contribution in [1.29, 1.82) is 5.26 Å². The fourth-order valence-electron chi connectivity index (χ4n) is 5.42. The summed E-state index contributed by atoms with van der Waals surface area (Å²) in [4.78, 5) is 35.8. The molecule has 2 saturated heterocycles. The molecule has 2 aliphatic rings. The molecule has 196 valence electrons.